The van der Waals surface area contributed by atoms with Crippen LogP contribution in [0.25, 0.3) is 0 Å². The molecule has 0 unspecified atom stereocenters. The second-order valence-electron chi connectivity index (χ2n) is 4.08. The van der Waals surface area contributed by atoms with Crippen LogP contribution in [0.3, 0.4) is 0 Å². The standard InChI is InChI=1S/C14H11BrCl2N2O/c15-10-3-4-11(16)13(6-10)20-7-9-2-1-8(14(18)19)5-12(9)17/h1-6H,7H2,(H3,18,19). The summed E-state index contributed by atoms with van der Waals surface area (Å²) in [5.74, 6) is 0.558. The molecule has 0 heterocycles. The molecule has 2 rings (SSSR count). The second-order valence-corrected chi connectivity index (χ2v) is 5.81. The van der Waals surface area contributed by atoms with Gasteiger partial charge in [-0.25, -0.2) is 0 Å². The average molecular weight is 374 g/mol. The number of hydrogen-bond acceptors (Lipinski definition) is 2. The maximum atomic E-state index is 7.36. The normalized spacial score (nSPS) is 10.3. The number of ether oxygens (including phenoxy) is 1. The van der Waals surface area contributed by atoms with Crippen LogP contribution in [0.15, 0.2) is 40.9 Å². The molecule has 0 aliphatic rings. The number of hydrogen-bond donors (Lipinski definition) is 2. The molecule has 104 valence electrons. The zero-order valence-corrected chi connectivity index (χ0v) is 13.4. The molecule has 0 fully saturated rings. The fourth-order valence-corrected chi connectivity index (χ4v) is 2.32. The lowest BCUT2D eigenvalue weighted by atomic mass is 10.1. The highest BCUT2D eigenvalue weighted by Gasteiger charge is 2.07. The Bertz CT molecular complexity index is 662. The first kappa shape index (κ1) is 15.2. The minimum atomic E-state index is -0.0191. The van der Waals surface area contributed by atoms with Crippen molar-refractivity contribution in [2.75, 3.05) is 0 Å². The number of amidine groups is 1. The topological polar surface area (TPSA) is 59.1 Å². The number of rotatable bonds is 4. The van der Waals surface area contributed by atoms with Gasteiger partial charge in [0.15, 0.2) is 0 Å². The van der Waals surface area contributed by atoms with Gasteiger partial charge in [0.05, 0.1) is 5.02 Å². The number of halogens is 3. The van der Waals surface area contributed by atoms with Crippen LogP contribution < -0.4 is 10.5 Å². The Hall–Kier alpha value is -1.23. The summed E-state index contributed by atoms with van der Waals surface area (Å²) in [5, 5.41) is 8.39. The predicted molar refractivity (Wildman–Crippen MR) is 86.0 cm³/mol. The smallest absolute Gasteiger partial charge is 0.139 e. The first-order valence-electron chi connectivity index (χ1n) is 5.68. The van der Waals surface area contributed by atoms with E-state index in [0.717, 1.165) is 10.0 Å². The Kier molecular flexibility index (Phi) is 4.91. The summed E-state index contributed by atoms with van der Waals surface area (Å²) in [6, 6.07) is 10.5. The number of nitrogen functional groups attached to an aromatic ring is 1. The highest BCUT2D eigenvalue weighted by atomic mass is 79.9. The van der Waals surface area contributed by atoms with E-state index >= 15 is 0 Å². The molecule has 0 saturated heterocycles. The molecule has 2 aromatic carbocycles. The maximum Gasteiger partial charge on any atom is 0.139 e. The van der Waals surface area contributed by atoms with Crippen LogP contribution in [0.5, 0.6) is 5.75 Å². The second kappa shape index (κ2) is 6.48. The lowest BCUT2D eigenvalue weighted by molar-refractivity contribution is 0.306. The van der Waals surface area contributed by atoms with E-state index in [1.807, 2.05) is 6.07 Å². The summed E-state index contributed by atoms with van der Waals surface area (Å²) < 4.78 is 6.54. The monoisotopic (exact) mass is 372 g/mol. The number of nitrogens with two attached hydrogens (primary N) is 1. The van der Waals surface area contributed by atoms with Gasteiger partial charge in [0.1, 0.15) is 18.2 Å². The van der Waals surface area contributed by atoms with Gasteiger partial charge in [-0.3, -0.25) is 5.41 Å². The van der Waals surface area contributed by atoms with Crippen molar-refractivity contribution in [1.82, 2.24) is 0 Å². The summed E-state index contributed by atoms with van der Waals surface area (Å²) >= 11 is 15.5. The lowest BCUT2D eigenvalue weighted by Crippen LogP contribution is -2.11. The molecule has 0 aliphatic heterocycles. The molecule has 0 amide bonds. The minimum Gasteiger partial charge on any atom is -0.487 e. The molecule has 3 N–H and O–H groups in total. The third-order valence-electron chi connectivity index (χ3n) is 2.64. The quantitative estimate of drug-likeness (QED) is 0.606. The van der Waals surface area contributed by atoms with Gasteiger partial charge in [-0.2, -0.15) is 0 Å². The van der Waals surface area contributed by atoms with Crippen molar-refractivity contribution in [2.24, 2.45) is 5.73 Å². The van der Waals surface area contributed by atoms with E-state index in [1.54, 1.807) is 30.3 Å². The Morgan fingerprint density at radius 2 is 1.90 bits per heavy atom. The van der Waals surface area contributed by atoms with Gasteiger partial charge in [0.2, 0.25) is 0 Å². The molecular formula is C14H11BrCl2N2O. The summed E-state index contributed by atoms with van der Waals surface area (Å²) in [5.41, 5.74) is 6.79. The van der Waals surface area contributed by atoms with E-state index in [-0.39, 0.29) is 12.4 Å². The third kappa shape index (κ3) is 3.66. The van der Waals surface area contributed by atoms with Gasteiger partial charge in [0.25, 0.3) is 0 Å². The van der Waals surface area contributed by atoms with Crippen molar-refractivity contribution in [3.63, 3.8) is 0 Å². The first-order valence-corrected chi connectivity index (χ1v) is 7.23. The molecule has 6 heteroatoms. The van der Waals surface area contributed by atoms with Crippen molar-refractivity contribution in [3.05, 3.63) is 62.0 Å². The molecule has 20 heavy (non-hydrogen) atoms. The van der Waals surface area contributed by atoms with Gasteiger partial charge >= 0.3 is 0 Å². The summed E-state index contributed by atoms with van der Waals surface area (Å²) in [6.45, 7) is 0.285. The highest BCUT2D eigenvalue weighted by Crippen LogP contribution is 2.29. The van der Waals surface area contributed by atoms with E-state index in [0.29, 0.717) is 21.4 Å². The van der Waals surface area contributed by atoms with Crippen LogP contribution in [-0.4, -0.2) is 5.84 Å². The Balaban J connectivity index is 2.15. The van der Waals surface area contributed by atoms with Crippen molar-refractivity contribution in [1.29, 1.82) is 5.41 Å². The molecule has 0 aliphatic carbocycles. The van der Waals surface area contributed by atoms with E-state index in [2.05, 4.69) is 15.9 Å². The molecule has 0 bridgehead atoms. The molecule has 0 radical (unpaired) electrons. The fourth-order valence-electron chi connectivity index (χ4n) is 1.58. The van der Waals surface area contributed by atoms with Crippen LogP contribution in [0.4, 0.5) is 0 Å². The number of benzene rings is 2. The van der Waals surface area contributed by atoms with Crippen molar-refractivity contribution in [3.8, 4) is 5.75 Å². The summed E-state index contributed by atoms with van der Waals surface area (Å²) in [6.07, 6.45) is 0. The Morgan fingerprint density at radius 3 is 2.55 bits per heavy atom. The Labute approximate surface area is 135 Å². The fraction of sp³-hybridized carbons (Fsp3) is 0.0714. The molecule has 0 spiro atoms. The molecule has 3 nitrogen and oxygen atoms in total. The first-order chi connectivity index (χ1) is 9.47. The van der Waals surface area contributed by atoms with Gasteiger partial charge in [-0.05, 0) is 24.3 Å². The maximum absolute atomic E-state index is 7.36. The lowest BCUT2D eigenvalue weighted by Gasteiger charge is -2.10. The largest absolute Gasteiger partial charge is 0.487 e. The van der Waals surface area contributed by atoms with Gasteiger partial charge in [0, 0.05) is 20.6 Å². The number of nitrogens with one attached hydrogen (secondary N) is 1. The van der Waals surface area contributed by atoms with Gasteiger partial charge in [-0.1, -0.05) is 51.3 Å². The van der Waals surface area contributed by atoms with Gasteiger partial charge in [-0.15, -0.1) is 0 Å². The van der Waals surface area contributed by atoms with E-state index < -0.39 is 0 Å². The van der Waals surface area contributed by atoms with Crippen LogP contribution in [0.2, 0.25) is 10.0 Å². The summed E-state index contributed by atoms with van der Waals surface area (Å²) in [7, 11) is 0. The molecular weight excluding hydrogens is 363 g/mol. The van der Waals surface area contributed by atoms with Crippen molar-refractivity contribution < 1.29 is 4.74 Å². The van der Waals surface area contributed by atoms with Crippen LogP contribution in [-0.2, 0) is 6.61 Å². The molecule has 0 atom stereocenters. The van der Waals surface area contributed by atoms with Gasteiger partial charge < -0.3 is 10.5 Å². The van der Waals surface area contributed by atoms with Crippen LogP contribution in [0, 0.1) is 5.41 Å². The minimum absolute atomic E-state index is 0.0191. The highest BCUT2D eigenvalue weighted by molar-refractivity contribution is 9.10. The average Bonchev–Trinajstić information content (AvgIpc) is 2.40. The summed E-state index contributed by atoms with van der Waals surface area (Å²) in [4.78, 5) is 0. The zero-order valence-electron chi connectivity index (χ0n) is 10.3. The predicted octanol–water partition coefficient (Wildman–Crippen LogP) is 4.62. The van der Waals surface area contributed by atoms with Crippen LogP contribution in [0.1, 0.15) is 11.1 Å². The van der Waals surface area contributed by atoms with Crippen molar-refractivity contribution in [2.45, 2.75) is 6.61 Å². The molecule has 0 aromatic heterocycles. The van der Waals surface area contributed by atoms with E-state index in [1.165, 1.54) is 0 Å². The SMILES string of the molecule is N=C(N)c1ccc(COc2cc(Br)ccc2Cl)c(Cl)c1. The molecule has 2 aromatic rings. The van der Waals surface area contributed by atoms with E-state index in [9.17, 15) is 0 Å². The van der Waals surface area contributed by atoms with E-state index in [4.69, 9.17) is 39.1 Å². The zero-order chi connectivity index (χ0) is 14.7. The van der Waals surface area contributed by atoms with Crippen molar-refractivity contribution >= 4 is 45.0 Å². The van der Waals surface area contributed by atoms with Crippen LogP contribution >= 0.6 is 39.1 Å². The third-order valence-corrected chi connectivity index (χ3v) is 3.80. The molecule has 0 saturated carbocycles. The Morgan fingerprint density at radius 1 is 1.15 bits per heavy atom.